The van der Waals surface area contributed by atoms with Crippen LogP contribution in [-0.4, -0.2) is 48.1 Å². The molecule has 0 heterocycles. The van der Waals surface area contributed by atoms with Gasteiger partial charge in [-0.3, -0.25) is 9.59 Å². The first-order chi connectivity index (χ1) is 9.83. The highest BCUT2D eigenvalue weighted by Crippen LogP contribution is 2.13. The van der Waals surface area contributed by atoms with Gasteiger partial charge in [-0.2, -0.15) is 0 Å². The summed E-state index contributed by atoms with van der Waals surface area (Å²) in [6.07, 6.45) is 1.14. The lowest BCUT2D eigenvalue weighted by molar-refractivity contribution is 0.0314. The molecule has 0 atom stereocenters. The number of amides is 2. The molecule has 5 nitrogen and oxygen atoms in total. The normalized spacial score (nSPS) is 11.1. The fourth-order valence-electron chi connectivity index (χ4n) is 1.90. The predicted molar refractivity (Wildman–Crippen MR) is 82.3 cm³/mol. The van der Waals surface area contributed by atoms with Crippen LogP contribution in [0.25, 0.3) is 0 Å². The number of hydrogen-bond acceptors (Lipinski definition) is 3. The first kappa shape index (κ1) is 17.2. The predicted octanol–water partition coefficient (Wildman–Crippen LogP) is 1.67. The summed E-state index contributed by atoms with van der Waals surface area (Å²) >= 11 is 0. The van der Waals surface area contributed by atoms with Gasteiger partial charge in [0.15, 0.2) is 0 Å². The smallest absolute Gasteiger partial charge is 0.253 e. The summed E-state index contributed by atoms with van der Waals surface area (Å²) in [4.78, 5) is 25.5. The fourth-order valence-corrected chi connectivity index (χ4v) is 1.90. The Hall–Kier alpha value is -1.88. The number of nitrogens with zero attached hydrogens (tertiary/aromatic N) is 1. The molecule has 0 radical (unpaired) electrons. The summed E-state index contributed by atoms with van der Waals surface area (Å²) in [5.74, 6) is -0.438. The maximum absolute atomic E-state index is 12.1. The van der Waals surface area contributed by atoms with Crippen molar-refractivity contribution < 1.29 is 14.7 Å². The molecule has 5 heteroatoms. The zero-order chi connectivity index (χ0) is 16.0. The van der Waals surface area contributed by atoms with Crippen molar-refractivity contribution in [3.05, 3.63) is 35.4 Å². The van der Waals surface area contributed by atoms with E-state index >= 15 is 0 Å². The van der Waals surface area contributed by atoms with Gasteiger partial charge in [-0.25, -0.2) is 0 Å². The first-order valence-electron chi connectivity index (χ1n) is 7.15. The van der Waals surface area contributed by atoms with E-state index < -0.39 is 5.60 Å². The zero-order valence-corrected chi connectivity index (χ0v) is 13.1. The molecule has 1 aromatic rings. The molecule has 0 fully saturated rings. The lowest BCUT2D eigenvalue weighted by atomic mass is 9.97. The molecule has 0 aliphatic rings. The van der Waals surface area contributed by atoms with Crippen molar-refractivity contribution in [2.75, 3.05) is 20.6 Å². The molecule has 1 aromatic carbocycles. The van der Waals surface area contributed by atoms with E-state index in [2.05, 4.69) is 5.32 Å². The van der Waals surface area contributed by atoms with Crippen LogP contribution in [0.15, 0.2) is 24.3 Å². The molecular formula is C16H24N2O3. The monoisotopic (exact) mass is 292 g/mol. The summed E-state index contributed by atoms with van der Waals surface area (Å²) in [6, 6.07) is 6.57. The second-order valence-corrected chi connectivity index (χ2v) is 5.39. The van der Waals surface area contributed by atoms with Gasteiger partial charge in [0.05, 0.1) is 5.60 Å². The molecule has 0 bridgehead atoms. The molecule has 0 saturated heterocycles. The number of benzene rings is 1. The van der Waals surface area contributed by atoms with E-state index in [1.54, 1.807) is 38.4 Å². The maximum atomic E-state index is 12.1. The Balaban J connectivity index is 2.80. The van der Waals surface area contributed by atoms with Crippen molar-refractivity contribution in [3.8, 4) is 0 Å². The molecule has 0 unspecified atom stereocenters. The quantitative estimate of drug-likeness (QED) is 0.838. The molecule has 2 amide bonds. The average molecular weight is 292 g/mol. The lowest BCUT2D eigenvalue weighted by Gasteiger charge is -2.25. The molecule has 21 heavy (non-hydrogen) atoms. The molecule has 0 saturated carbocycles. The van der Waals surface area contributed by atoms with Crippen LogP contribution in [0, 0.1) is 0 Å². The van der Waals surface area contributed by atoms with Crippen LogP contribution in [0.4, 0.5) is 0 Å². The summed E-state index contributed by atoms with van der Waals surface area (Å²) in [5.41, 5.74) is -0.00152. The third-order valence-electron chi connectivity index (χ3n) is 3.67. The van der Waals surface area contributed by atoms with Crippen LogP contribution >= 0.6 is 0 Å². The second kappa shape index (κ2) is 7.22. The number of carbonyl (C=O) groups is 2. The third-order valence-corrected chi connectivity index (χ3v) is 3.67. The number of nitrogens with one attached hydrogen (secondary N) is 1. The molecule has 0 spiro atoms. The van der Waals surface area contributed by atoms with E-state index in [1.165, 1.54) is 4.90 Å². The van der Waals surface area contributed by atoms with Crippen LogP contribution in [0.1, 0.15) is 47.4 Å². The largest absolute Gasteiger partial charge is 0.388 e. The maximum Gasteiger partial charge on any atom is 0.253 e. The molecule has 116 valence electrons. The molecule has 0 aliphatic heterocycles. The molecular weight excluding hydrogens is 268 g/mol. The zero-order valence-electron chi connectivity index (χ0n) is 13.1. The minimum absolute atomic E-state index is 0.150. The summed E-state index contributed by atoms with van der Waals surface area (Å²) < 4.78 is 0. The minimum atomic E-state index is -0.882. The standard InChI is InChI=1S/C16H24N2O3/c1-5-16(21,6-2)11-17-14(19)12-8-7-9-13(10-12)15(20)18(3)4/h7-10,21H,5-6,11H2,1-4H3,(H,17,19). The molecule has 1 rings (SSSR count). The van der Waals surface area contributed by atoms with E-state index in [-0.39, 0.29) is 18.4 Å². The molecule has 2 N–H and O–H groups in total. The number of aliphatic hydroxyl groups is 1. The fraction of sp³-hybridized carbons (Fsp3) is 0.500. The van der Waals surface area contributed by atoms with Gasteiger partial charge in [-0.1, -0.05) is 19.9 Å². The highest BCUT2D eigenvalue weighted by Gasteiger charge is 2.23. The summed E-state index contributed by atoms with van der Waals surface area (Å²) in [6.45, 7) is 3.96. The van der Waals surface area contributed by atoms with Crippen LogP contribution in [0.3, 0.4) is 0 Å². The van der Waals surface area contributed by atoms with Crippen LogP contribution in [0.2, 0.25) is 0 Å². The number of hydrogen-bond donors (Lipinski definition) is 2. The Kier molecular flexibility index (Phi) is 5.90. The van der Waals surface area contributed by atoms with Gasteiger partial charge in [0.2, 0.25) is 0 Å². The van der Waals surface area contributed by atoms with Gasteiger partial charge in [0.1, 0.15) is 0 Å². The van der Waals surface area contributed by atoms with E-state index in [1.807, 2.05) is 13.8 Å². The van der Waals surface area contributed by atoms with Gasteiger partial charge in [-0.05, 0) is 31.0 Å². The summed E-state index contributed by atoms with van der Waals surface area (Å²) in [7, 11) is 3.33. The third kappa shape index (κ3) is 4.56. The highest BCUT2D eigenvalue weighted by atomic mass is 16.3. The van der Waals surface area contributed by atoms with Crippen molar-refractivity contribution in [1.82, 2.24) is 10.2 Å². The van der Waals surface area contributed by atoms with Gasteiger partial charge in [0, 0.05) is 31.8 Å². The Labute approximate surface area is 126 Å². The number of rotatable bonds is 6. The molecule has 0 aromatic heterocycles. The van der Waals surface area contributed by atoms with Crippen molar-refractivity contribution in [3.63, 3.8) is 0 Å². The van der Waals surface area contributed by atoms with E-state index in [9.17, 15) is 14.7 Å². The van der Waals surface area contributed by atoms with Crippen LogP contribution in [-0.2, 0) is 0 Å². The van der Waals surface area contributed by atoms with Gasteiger partial charge in [0.25, 0.3) is 11.8 Å². The average Bonchev–Trinajstić information content (AvgIpc) is 2.51. The Bertz CT molecular complexity index is 508. The number of carbonyl (C=O) groups excluding carboxylic acids is 2. The van der Waals surface area contributed by atoms with Crippen molar-refractivity contribution in [2.45, 2.75) is 32.3 Å². The van der Waals surface area contributed by atoms with Crippen molar-refractivity contribution in [2.24, 2.45) is 0 Å². The van der Waals surface area contributed by atoms with Crippen molar-refractivity contribution in [1.29, 1.82) is 0 Å². The Morgan fingerprint density at radius 3 is 2.29 bits per heavy atom. The Morgan fingerprint density at radius 1 is 1.19 bits per heavy atom. The van der Waals surface area contributed by atoms with Crippen molar-refractivity contribution >= 4 is 11.8 Å². The van der Waals surface area contributed by atoms with Crippen LogP contribution in [0.5, 0.6) is 0 Å². The first-order valence-corrected chi connectivity index (χ1v) is 7.15. The minimum Gasteiger partial charge on any atom is -0.388 e. The molecule has 0 aliphatic carbocycles. The van der Waals surface area contributed by atoms with Gasteiger partial charge >= 0.3 is 0 Å². The highest BCUT2D eigenvalue weighted by molar-refractivity contribution is 5.99. The Morgan fingerprint density at radius 2 is 1.76 bits per heavy atom. The van der Waals surface area contributed by atoms with E-state index in [0.29, 0.717) is 24.0 Å². The SMILES string of the molecule is CCC(O)(CC)CNC(=O)c1cccc(C(=O)N(C)C)c1. The van der Waals surface area contributed by atoms with E-state index in [4.69, 9.17) is 0 Å². The van der Waals surface area contributed by atoms with Gasteiger partial charge < -0.3 is 15.3 Å². The van der Waals surface area contributed by atoms with E-state index in [0.717, 1.165) is 0 Å². The second-order valence-electron chi connectivity index (χ2n) is 5.39. The topological polar surface area (TPSA) is 69.6 Å². The summed E-state index contributed by atoms with van der Waals surface area (Å²) in [5, 5.41) is 12.9. The lowest BCUT2D eigenvalue weighted by Crippen LogP contribution is -2.42. The van der Waals surface area contributed by atoms with Gasteiger partial charge in [-0.15, -0.1) is 0 Å². The van der Waals surface area contributed by atoms with Crippen LogP contribution < -0.4 is 5.32 Å².